The van der Waals surface area contributed by atoms with Gasteiger partial charge in [-0.3, -0.25) is 9.59 Å². The molecule has 2 amide bonds. The molecule has 1 atom stereocenters. The molecule has 0 aliphatic heterocycles. The second-order valence-corrected chi connectivity index (χ2v) is 9.68. The minimum atomic E-state index is -3.63. The number of nitrogen functional groups attached to an aromatic ring is 1. The van der Waals surface area contributed by atoms with E-state index in [0.717, 1.165) is 11.1 Å². The van der Waals surface area contributed by atoms with E-state index in [9.17, 15) is 18.0 Å². The first kappa shape index (κ1) is 24.2. The van der Waals surface area contributed by atoms with E-state index in [-0.39, 0.29) is 31.2 Å². The Labute approximate surface area is 192 Å². The van der Waals surface area contributed by atoms with E-state index in [1.54, 1.807) is 18.2 Å². The van der Waals surface area contributed by atoms with E-state index in [2.05, 4.69) is 15.2 Å². The number of carbonyl (C=O) groups is 2. The second-order valence-electron chi connectivity index (χ2n) is 7.63. The van der Waals surface area contributed by atoms with E-state index >= 15 is 0 Å². The summed E-state index contributed by atoms with van der Waals surface area (Å²) in [6.07, 6.45) is 0.172. The molecular weight excluding hydrogens is 446 g/mol. The molecule has 176 valence electrons. The quantitative estimate of drug-likeness (QED) is 0.398. The molecule has 3 rings (SSSR count). The number of rotatable bonds is 10. The first-order valence-corrected chi connectivity index (χ1v) is 12.0. The molecule has 0 aliphatic carbocycles. The first-order chi connectivity index (χ1) is 15.7. The highest BCUT2D eigenvalue weighted by Crippen LogP contribution is 2.21. The number of nitrogens with zero attached hydrogens (tertiary/aromatic N) is 2. The maximum absolute atomic E-state index is 13.0. The van der Waals surface area contributed by atoms with E-state index < -0.39 is 22.0 Å². The van der Waals surface area contributed by atoms with Crippen LogP contribution in [0.2, 0.25) is 0 Å². The molecule has 10 nitrogen and oxygen atoms in total. The number of amides is 2. The molecule has 4 N–H and O–H groups in total. The zero-order valence-corrected chi connectivity index (χ0v) is 19.3. The molecule has 0 radical (unpaired) electrons. The van der Waals surface area contributed by atoms with E-state index in [0.29, 0.717) is 16.8 Å². The number of nitrogens with one attached hydrogen (secondary N) is 2. The molecule has 0 fully saturated rings. The van der Waals surface area contributed by atoms with Crippen LogP contribution in [0.15, 0.2) is 53.1 Å². The summed E-state index contributed by atoms with van der Waals surface area (Å²) >= 11 is 0. The number of benzene rings is 2. The summed E-state index contributed by atoms with van der Waals surface area (Å²) in [7, 11) is -2.17. The van der Waals surface area contributed by atoms with Crippen LogP contribution in [-0.4, -0.2) is 55.7 Å². The molecule has 0 bridgehead atoms. The number of nitrogens with two attached hydrogens (primary N) is 1. The highest BCUT2D eigenvalue weighted by atomic mass is 32.2. The van der Waals surface area contributed by atoms with E-state index in [4.69, 9.17) is 10.3 Å². The molecule has 0 unspecified atom stereocenters. The minimum Gasteiger partial charge on any atom is -0.380 e. The molecule has 0 saturated carbocycles. The Morgan fingerprint density at radius 3 is 2.58 bits per heavy atom. The number of sulfonamides is 1. The lowest BCUT2D eigenvalue weighted by atomic mass is 10.1. The third kappa shape index (κ3) is 6.53. The van der Waals surface area contributed by atoms with Crippen LogP contribution in [0, 0.1) is 0 Å². The van der Waals surface area contributed by atoms with Crippen molar-refractivity contribution in [1.29, 1.82) is 0 Å². The normalized spacial score (nSPS) is 12.4. The van der Waals surface area contributed by atoms with Crippen LogP contribution in [0.1, 0.15) is 18.1 Å². The molecule has 0 saturated heterocycles. The van der Waals surface area contributed by atoms with Gasteiger partial charge in [0.15, 0.2) is 11.4 Å². The lowest BCUT2D eigenvalue weighted by Gasteiger charge is -2.24. The number of aromatic nitrogens is 1. The van der Waals surface area contributed by atoms with Crippen LogP contribution in [0.3, 0.4) is 0 Å². The Kier molecular flexibility index (Phi) is 7.67. The van der Waals surface area contributed by atoms with Gasteiger partial charge in [0.1, 0.15) is 6.04 Å². The number of likely N-dealkylation sites (N-methyl/N-ethyl adjacent to an activating group) is 1. The van der Waals surface area contributed by atoms with Crippen LogP contribution in [0.25, 0.3) is 11.0 Å². The maximum atomic E-state index is 13.0. The number of hydrogen-bond donors (Lipinski definition) is 3. The van der Waals surface area contributed by atoms with Crippen molar-refractivity contribution in [2.75, 3.05) is 25.1 Å². The van der Waals surface area contributed by atoms with Gasteiger partial charge < -0.3 is 20.5 Å². The Balaban J connectivity index is 1.61. The summed E-state index contributed by atoms with van der Waals surface area (Å²) in [5, 5.41) is 7.12. The number of hydrogen-bond acceptors (Lipinski definition) is 7. The van der Waals surface area contributed by atoms with Crippen LogP contribution < -0.4 is 15.8 Å². The molecule has 1 aromatic heterocycles. The summed E-state index contributed by atoms with van der Waals surface area (Å²) in [6, 6.07) is 13.3. The molecule has 1 heterocycles. The van der Waals surface area contributed by atoms with Crippen molar-refractivity contribution in [3.63, 3.8) is 0 Å². The molecule has 2 aromatic carbocycles. The largest absolute Gasteiger partial charge is 0.380 e. The summed E-state index contributed by atoms with van der Waals surface area (Å²) in [6.45, 7) is 1.48. The van der Waals surface area contributed by atoms with Crippen molar-refractivity contribution in [2.24, 2.45) is 0 Å². The summed E-state index contributed by atoms with van der Waals surface area (Å²) in [5.74, 6) is -0.745. The summed E-state index contributed by atoms with van der Waals surface area (Å²) in [4.78, 5) is 26.6. The van der Waals surface area contributed by atoms with E-state index in [1.165, 1.54) is 18.9 Å². The summed E-state index contributed by atoms with van der Waals surface area (Å²) < 4.78 is 31.8. The Morgan fingerprint density at radius 1 is 1.15 bits per heavy atom. The lowest BCUT2D eigenvalue weighted by Crippen LogP contribution is -2.50. The first-order valence-electron chi connectivity index (χ1n) is 10.4. The van der Waals surface area contributed by atoms with Crippen LogP contribution >= 0.6 is 0 Å². The second kappa shape index (κ2) is 10.5. The third-order valence-corrected chi connectivity index (χ3v) is 6.50. The Hall–Kier alpha value is -3.44. The smallest absolute Gasteiger partial charge is 0.241 e. The number of fused-ring (bicyclic) bond motifs is 1. The van der Waals surface area contributed by atoms with Crippen molar-refractivity contribution in [3.8, 4) is 0 Å². The van der Waals surface area contributed by atoms with Gasteiger partial charge in [-0.1, -0.05) is 41.6 Å². The van der Waals surface area contributed by atoms with Crippen LogP contribution in [-0.2, 0) is 32.6 Å². The van der Waals surface area contributed by atoms with Gasteiger partial charge in [-0.25, -0.2) is 13.1 Å². The fourth-order valence-electron chi connectivity index (χ4n) is 3.26. The van der Waals surface area contributed by atoms with Gasteiger partial charge in [0, 0.05) is 13.6 Å². The standard InChI is InChI=1S/C22H27N5O5S/c1-3-33(30,31)26-18(11-15-7-5-4-6-8-15)22(29)27(2)14-20(28)24-13-16-9-10-17-19(12-16)32-25-21(17)23/h4-10,12,18,26H,3,11,13-14H2,1-2H3,(H2,23,25)(H,24,28)/t18-/m1/s1. The van der Waals surface area contributed by atoms with Gasteiger partial charge in [-0.15, -0.1) is 0 Å². The molecule has 33 heavy (non-hydrogen) atoms. The maximum Gasteiger partial charge on any atom is 0.241 e. The zero-order chi connectivity index (χ0) is 24.0. The van der Waals surface area contributed by atoms with Crippen molar-refractivity contribution in [3.05, 3.63) is 59.7 Å². The summed E-state index contributed by atoms with van der Waals surface area (Å²) in [5.41, 5.74) is 7.79. The lowest BCUT2D eigenvalue weighted by molar-refractivity contribution is -0.136. The highest BCUT2D eigenvalue weighted by Gasteiger charge is 2.27. The van der Waals surface area contributed by atoms with E-state index in [1.807, 2.05) is 30.3 Å². The molecule has 11 heteroatoms. The van der Waals surface area contributed by atoms with Crippen LogP contribution in [0.4, 0.5) is 5.82 Å². The van der Waals surface area contributed by atoms with Crippen molar-refractivity contribution >= 4 is 38.6 Å². The fraction of sp³-hybridized carbons (Fsp3) is 0.318. The monoisotopic (exact) mass is 473 g/mol. The van der Waals surface area contributed by atoms with Crippen LogP contribution in [0.5, 0.6) is 0 Å². The number of carbonyl (C=O) groups excluding carboxylic acids is 2. The SMILES string of the molecule is CCS(=O)(=O)N[C@H](Cc1ccccc1)C(=O)N(C)CC(=O)NCc1ccc2c(N)noc2c1. The van der Waals surface area contributed by atoms with Crippen molar-refractivity contribution in [1.82, 2.24) is 20.1 Å². The van der Waals surface area contributed by atoms with Gasteiger partial charge >= 0.3 is 0 Å². The molecule has 0 spiro atoms. The third-order valence-electron chi connectivity index (χ3n) is 5.09. The Bertz CT molecular complexity index is 1230. The fourth-order valence-corrected chi connectivity index (χ4v) is 4.04. The molecule has 3 aromatic rings. The molecular formula is C22H27N5O5S. The van der Waals surface area contributed by atoms with Gasteiger partial charge in [-0.05, 0) is 36.6 Å². The highest BCUT2D eigenvalue weighted by molar-refractivity contribution is 7.89. The van der Waals surface area contributed by atoms with Gasteiger partial charge in [0.05, 0.1) is 17.7 Å². The van der Waals surface area contributed by atoms with Crippen molar-refractivity contribution in [2.45, 2.75) is 25.9 Å². The van der Waals surface area contributed by atoms with Gasteiger partial charge in [-0.2, -0.15) is 0 Å². The minimum absolute atomic E-state index is 0.156. The average Bonchev–Trinajstić information content (AvgIpc) is 3.17. The predicted octanol–water partition coefficient (Wildman–Crippen LogP) is 1.04. The number of anilines is 1. The predicted molar refractivity (Wildman–Crippen MR) is 124 cm³/mol. The van der Waals surface area contributed by atoms with Gasteiger partial charge in [0.25, 0.3) is 0 Å². The van der Waals surface area contributed by atoms with Gasteiger partial charge in [0.2, 0.25) is 21.8 Å². The van der Waals surface area contributed by atoms with Crippen molar-refractivity contribution < 1.29 is 22.5 Å². The topological polar surface area (TPSA) is 148 Å². The Morgan fingerprint density at radius 2 is 1.88 bits per heavy atom. The zero-order valence-electron chi connectivity index (χ0n) is 18.4. The molecule has 0 aliphatic rings. The average molecular weight is 474 g/mol.